The van der Waals surface area contributed by atoms with E-state index in [9.17, 15) is 9.90 Å². The molecule has 2 aromatic heterocycles. The predicted octanol–water partition coefficient (Wildman–Crippen LogP) is 2.87. The fourth-order valence-electron chi connectivity index (χ4n) is 2.42. The molecule has 3 aromatic rings. The Hall–Kier alpha value is -2.49. The van der Waals surface area contributed by atoms with E-state index < -0.39 is 5.97 Å². The van der Waals surface area contributed by atoms with Crippen LogP contribution in [-0.2, 0) is 7.05 Å². The van der Waals surface area contributed by atoms with Crippen LogP contribution in [0, 0.1) is 0 Å². The molecule has 4 heteroatoms. The Balaban J connectivity index is 2.48. The number of nitrogens with zero attached hydrogens (tertiary/aromatic N) is 1. The molecular formula is C14H12N2O2. The molecule has 1 aromatic carbocycles. The van der Waals surface area contributed by atoms with Gasteiger partial charge in [-0.25, -0.2) is 4.79 Å². The highest BCUT2D eigenvalue weighted by atomic mass is 16.4. The normalized spacial score (nSPS) is 10.9. The minimum absolute atomic E-state index is 0.316. The van der Waals surface area contributed by atoms with Gasteiger partial charge in [-0.1, -0.05) is 18.2 Å². The molecule has 3 rings (SSSR count). The molecule has 0 atom stereocenters. The number of hydrogen-bond acceptors (Lipinski definition) is 1. The van der Waals surface area contributed by atoms with Gasteiger partial charge in [-0.2, -0.15) is 0 Å². The van der Waals surface area contributed by atoms with Gasteiger partial charge in [0.2, 0.25) is 0 Å². The van der Waals surface area contributed by atoms with E-state index >= 15 is 0 Å². The van der Waals surface area contributed by atoms with Crippen molar-refractivity contribution in [2.24, 2.45) is 7.05 Å². The number of para-hydroxylation sites is 1. The van der Waals surface area contributed by atoms with E-state index in [1.165, 1.54) is 0 Å². The van der Waals surface area contributed by atoms with Gasteiger partial charge in [0.25, 0.3) is 0 Å². The van der Waals surface area contributed by atoms with Gasteiger partial charge in [-0.15, -0.1) is 0 Å². The van der Waals surface area contributed by atoms with Crippen LogP contribution < -0.4 is 0 Å². The standard InChI is InChI=1S/C14H12N2O2/c1-16-11-5-3-2-4-10(11)12(13(16)14(17)18)9-6-7-15-8-9/h2-8,15H,1H3,(H,17,18). The lowest BCUT2D eigenvalue weighted by atomic mass is 10.0. The molecule has 0 spiro atoms. The summed E-state index contributed by atoms with van der Waals surface area (Å²) in [6.07, 6.45) is 3.61. The molecule has 0 amide bonds. The summed E-state index contributed by atoms with van der Waals surface area (Å²) in [6.45, 7) is 0. The van der Waals surface area contributed by atoms with Crippen molar-refractivity contribution in [1.82, 2.24) is 9.55 Å². The van der Waals surface area contributed by atoms with Gasteiger partial charge in [0.05, 0.1) is 0 Å². The Kier molecular flexibility index (Phi) is 2.23. The summed E-state index contributed by atoms with van der Waals surface area (Å²) >= 11 is 0. The van der Waals surface area contributed by atoms with Gasteiger partial charge in [-0.05, 0) is 12.1 Å². The molecule has 0 aliphatic heterocycles. The minimum Gasteiger partial charge on any atom is -0.477 e. The number of benzene rings is 1. The number of carboxylic acids is 1. The van der Waals surface area contributed by atoms with E-state index in [4.69, 9.17) is 0 Å². The summed E-state index contributed by atoms with van der Waals surface area (Å²) in [6, 6.07) is 9.59. The number of fused-ring (bicyclic) bond motifs is 1. The molecule has 0 aliphatic rings. The number of aromatic nitrogens is 2. The first-order valence-corrected chi connectivity index (χ1v) is 5.64. The van der Waals surface area contributed by atoms with Gasteiger partial charge in [-0.3, -0.25) is 0 Å². The van der Waals surface area contributed by atoms with Crippen molar-refractivity contribution in [2.45, 2.75) is 0 Å². The highest BCUT2D eigenvalue weighted by Gasteiger charge is 2.21. The average molecular weight is 240 g/mol. The van der Waals surface area contributed by atoms with Gasteiger partial charge in [0.15, 0.2) is 0 Å². The number of aryl methyl sites for hydroxylation is 1. The molecule has 2 heterocycles. The number of aromatic carboxylic acids is 1. The van der Waals surface area contributed by atoms with Crippen LogP contribution in [0.4, 0.5) is 0 Å². The van der Waals surface area contributed by atoms with Crippen LogP contribution in [0.3, 0.4) is 0 Å². The van der Waals surface area contributed by atoms with Crippen molar-refractivity contribution in [1.29, 1.82) is 0 Å². The van der Waals surface area contributed by atoms with Crippen LogP contribution in [-0.4, -0.2) is 20.6 Å². The van der Waals surface area contributed by atoms with E-state index in [1.54, 1.807) is 17.8 Å². The Morgan fingerprint density at radius 1 is 1.28 bits per heavy atom. The maximum absolute atomic E-state index is 11.5. The summed E-state index contributed by atoms with van der Waals surface area (Å²) in [5.41, 5.74) is 2.90. The third-order valence-electron chi connectivity index (χ3n) is 3.20. The molecule has 0 radical (unpaired) electrons. The fourth-order valence-corrected chi connectivity index (χ4v) is 2.42. The molecule has 2 N–H and O–H groups in total. The van der Waals surface area contributed by atoms with E-state index in [2.05, 4.69) is 4.98 Å². The molecule has 0 unspecified atom stereocenters. The number of carboxylic acid groups (broad SMARTS) is 1. The highest BCUT2D eigenvalue weighted by Crippen LogP contribution is 2.34. The smallest absolute Gasteiger partial charge is 0.353 e. The third-order valence-corrected chi connectivity index (χ3v) is 3.20. The van der Waals surface area contributed by atoms with Crippen molar-refractivity contribution < 1.29 is 9.90 Å². The summed E-state index contributed by atoms with van der Waals surface area (Å²) in [5.74, 6) is -0.912. The summed E-state index contributed by atoms with van der Waals surface area (Å²) in [7, 11) is 1.78. The van der Waals surface area contributed by atoms with Gasteiger partial charge < -0.3 is 14.7 Å². The first-order chi connectivity index (χ1) is 8.70. The van der Waals surface area contributed by atoms with Crippen molar-refractivity contribution in [3.63, 3.8) is 0 Å². The second kappa shape index (κ2) is 3.77. The molecule has 0 aliphatic carbocycles. The van der Waals surface area contributed by atoms with Crippen molar-refractivity contribution >= 4 is 16.9 Å². The summed E-state index contributed by atoms with van der Waals surface area (Å²) in [4.78, 5) is 14.4. The van der Waals surface area contributed by atoms with Crippen molar-refractivity contribution in [3.8, 4) is 11.1 Å². The van der Waals surface area contributed by atoms with Crippen LogP contribution >= 0.6 is 0 Å². The lowest BCUT2D eigenvalue weighted by molar-refractivity contribution is 0.0688. The van der Waals surface area contributed by atoms with Crippen molar-refractivity contribution in [3.05, 3.63) is 48.4 Å². The average Bonchev–Trinajstić information content (AvgIpc) is 2.96. The molecule has 0 fully saturated rings. The molecular weight excluding hydrogens is 228 g/mol. The van der Waals surface area contributed by atoms with E-state index in [0.29, 0.717) is 5.69 Å². The summed E-state index contributed by atoms with van der Waals surface area (Å²) < 4.78 is 1.72. The second-order valence-electron chi connectivity index (χ2n) is 4.20. The highest BCUT2D eigenvalue weighted by molar-refractivity contribution is 6.07. The van der Waals surface area contributed by atoms with E-state index in [1.807, 2.05) is 36.5 Å². The number of H-pyrrole nitrogens is 1. The third kappa shape index (κ3) is 1.35. The van der Waals surface area contributed by atoms with Gasteiger partial charge in [0.1, 0.15) is 5.69 Å². The molecule has 0 saturated carbocycles. The van der Waals surface area contributed by atoms with Gasteiger partial charge in [0, 0.05) is 41.5 Å². The topological polar surface area (TPSA) is 58.0 Å². The van der Waals surface area contributed by atoms with Crippen LogP contribution in [0.1, 0.15) is 10.5 Å². The molecule has 18 heavy (non-hydrogen) atoms. The maximum atomic E-state index is 11.5. The maximum Gasteiger partial charge on any atom is 0.353 e. The Labute approximate surface area is 103 Å². The number of rotatable bonds is 2. The fraction of sp³-hybridized carbons (Fsp3) is 0.0714. The van der Waals surface area contributed by atoms with E-state index in [-0.39, 0.29) is 0 Å². The Morgan fingerprint density at radius 3 is 2.72 bits per heavy atom. The van der Waals surface area contributed by atoms with Crippen LogP contribution in [0.25, 0.3) is 22.0 Å². The number of hydrogen-bond donors (Lipinski definition) is 2. The number of nitrogens with one attached hydrogen (secondary N) is 1. The lowest BCUT2D eigenvalue weighted by Gasteiger charge is -2.01. The lowest BCUT2D eigenvalue weighted by Crippen LogP contribution is -2.05. The largest absolute Gasteiger partial charge is 0.477 e. The van der Waals surface area contributed by atoms with E-state index in [0.717, 1.165) is 22.0 Å². The van der Waals surface area contributed by atoms with Crippen LogP contribution in [0.2, 0.25) is 0 Å². The summed E-state index contributed by atoms with van der Waals surface area (Å²) in [5, 5.41) is 10.4. The molecule has 90 valence electrons. The Bertz CT molecular complexity index is 724. The van der Waals surface area contributed by atoms with Gasteiger partial charge >= 0.3 is 5.97 Å². The zero-order valence-corrected chi connectivity index (χ0v) is 9.84. The zero-order chi connectivity index (χ0) is 12.7. The number of aromatic amines is 1. The quantitative estimate of drug-likeness (QED) is 0.723. The second-order valence-corrected chi connectivity index (χ2v) is 4.20. The first-order valence-electron chi connectivity index (χ1n) is 5.64. The molecule has 0 bridgehead atoms. The molecule has 4 nitrogen and oxygen atoms in total. The minimum atomic E-state index is -0.912. The number of carbonyl (C=O) groups is 1. The predicted molar refractivity (Wildman–Crippen MR) is 69.7 cm³/mol. The van der Waals surface area contributed by atoms with Crippen LogP contribution in [0.15, 0.2) is 42.7 Å². The molecule has 0 saturated heterocycles. The van der Waals surface area contributed by atoms with Crippen molar-refractivity contribution in [2.75, 3.05) is 0 Å². The monoisotopic (exact) mass is 240 g/mol. The SMILES string of the molecule is Cn1c(C(=O)O)c(-c2cc[nH]c2)c2ccccc21. The Morgan fingerprint density at radius 2 is 2.06 bits per heavy atom. The van der Waals surface area contributed by atoms with Crippen LogP contribution in [0.5, 0.6) is 0 Å². The zero-order valence-electron chi connectivity index (χ0n) is 9.84. The first kappa shape index (κ1) is 10.7.